The van der Waals surface area contributed by atoms with Gasteiger partial charge in [0.25, 0.3) is 5.56 Å². The van der Waals surface area contributed by atoms with Crippen LogP contribution in [0.5, 0.6) is 0 Å². The normalized spacial score (nSPS) is 19.1. The maximum Gasteiger partial charge on any atom is 0.289 e. The Morgan fingerprint density at radius 1 is 1.56 bits per heavy atom. The largest absolute Gasteiger partial charge is 0.393 e. The minimum absolute atomic E-state index is 0.133. The van der Waals surface area contributed by atoms with Gasteiger partial charge in [0.05, 0.1) is 11.9 Å². The van der Waals surface area contributed by atoms with Gasteiger partial charge in [-0.3, -0.25) is 14.6 Å². The lowest BCUT2D eigenvalue weighted by Crippen LogP contribution is -2.34. The summed E-state index contributed by atoms with van der Waals surface area (Å²) in [5, 5.41) is 6.17. The average Bonchev–Trinajstić information content (AvgIpc) is 2.76. The van der Waals surface area contributed by atoms with Gasteiger partial charge in [0, 0.05) is 32.4 Å². The molecular weight excluding hydrogens is 206 g/mol. The number of nitrogens with two attached hydrogens (primary N) is 1. The summed E-state index contributed by atoms with van der Waals surface area (Å²) in [4.78, 5) is 13.7. The number of hydrogen-bond acceptors (Lipinski definition) is 4. The van der Waals surface area contributed by atoms with Crippen molar-refractivity contribution in [1.82, 2.24) is 20.0 Å². The van der Waals surface area contributed by atoms with E-state index in [2.05, 4.69) is 15.3 Å². The van der Waals surface area contributed by atoms with Crippen molar-refractivity contribution in [3.05, 3.63) is 28.4 Å². The zero-order valence-electron chi connectivity index (χ0n) is 9.53. The fraction of sp³-hybridized carbons (Fsp3) is 0.500. The first kappa shape index (κ1) is 10.7. The Balaban J connectivity index is 2.00. The predicted octanol–water partition coefficient (Wildman–Crippen LogP) is -0.211. The molecule has 0 spiro atoms. The lowest BCUT2D eigenvalue weighted by atomic mass is 10.3. The third-order valence-electron chi connectivity index (χ3n) is 2.90. The molecule has 0 saturated carbocycles. The highest BCUT2D eigenvalue weighted by Gasteiger charge is 2.15. The van der Waals surface area contributed by atoms with Gasteiger partial charge < -0.3 is 16.0 Å². The van der Waals surface area contributed by atoms with Crippen LogP contribution >= 0.6 is 0 Å². The second-order valence-corrected chi connectivity index (χ2v) is 4.06. The number of aromatic nitrogens is 2. The van der Waals surface area contributed by atoms with Crippen LogP contribution in [0.15, 0.2) is 17.2 Å². The highest BCUT2D eigenvalue weighted by Crippen LogP contribution is 2.07. The Hall–Kier alpha value is -1.85. The molecule has 0 aliphatic carbocycles. The van der Waals surface area contributed by atoms with Gasteiger partial charge in [-0.25, -0.2) is 0 Å². The first-order chi connectivity index (χ1) is 7.59. The number of nitrogens with one attached hydrogen (secondary N) is 2. The summed E-state index contributed by atoms with van der Waals surface area (Å²) < 4.78 is 1.55. The molecule has 1 aliphatic rings. The third-order valence-corrected chi connectivity index (χ3v) is 2.90. The number of H-pyrrole nitrogens is 1. The number of aryl methyl sites for hydroxylation is 2. The topological polar surface area (TPSA) is 79.1 Å². The summed E-state index contributed by atoms with van der Waals surface area (Å²) in [6.07, 6.45) is 4.96. The van der Waals surface area contributed by atoms with Crippen molar-refractivity contribution in [2.24, 2.45) is 0 Å². The van der Waals surface area contributed by atoms with Crippen LogP contribution in [0.3, 0.4) is 0 Å². The van der Waals surface area contributed by atoms with E-state index in [1.165, 1.54) is 0 Å². The number of aromatic amines is 1. The van der Waals surface area contributed by atoms with Gasteiger partial charge in [0.2, 0.25) is 0 Å². The molecule has 2 rings (SSSR count). The molecule has 6 heteroatoms. The molecule has 4 N–H and O–H groups in total. The summed E-state index contributed by atoms with van der Waals surface area (Å²) in [6.45, 7) is 2.43. The van der Waals surface area contributed by atoms with Crippen LogP contribution in [0.1, 0.15) is 12.1 Å². The van der Waals surface area contributed by atoms with Crippen LogP contribution in [0.2, 0.25) is 0 Å². The van der Waals surface area contributed by atoms with E-state index < -0.39 is 0 Å². The van der Waals surface area contributed by atoms with Crippen LogP contribution in [0.25, 0.3) is 0 Å². The molecule has 0 radical (unpaired) electrons. The Bertz CT molecular complexity index is 458. The second kappa shape index (κ2) is 3.96. The molecule has 1 atom stereocenters. The van der Waals surface area contributed by atoms with E-state index in [0.29, 0.717) is 12.2 Å². The molecule has 0 amide bonds. The Morgan fingerprint density at radius 3 is 2.81 bits per heavy atom. The summed E-state index contributed by atoms with van der Waals surface area (Å²) >= 11 is 0. The van der Waals surface area contributed by atoms with Crippen LogP contribution in [-0.2, 0) is 6.54 Å². The molecule has 16 heavy (non-hydrogen) atoms. The first-order valence-electron chi connectivity index (χ1n) is 5.29. The van der Waals surface area contributed by atoms with Gasteiger partial charge in [0.15, 0.2) is 0 Å². The minimum Gasteiger partial charge on any atom is -0.393 e. The van der Waals surface area contributed by atoms with Gasteiger partial charge in [-0.15, -0.1) is 0 Å². The predicted molar refractivity (Wildman–Crippen MR) is 62.6 cm³/mol. The Kier molecular flexibility index (Phi) is 2.64. The van der Waals surface area contributed by atoms with Crippen molar-refractivity contribution < 1.29 is 0 Å². The van der Waals surface area contributed by atoms with Crippen molar-refractivity contribution in [2.45, 2.75) is 26.1 Å². The van der Waals surface area contributed by atoms with E-state index in [9.17, 15) is 4.79 Å². The summed E-state index contributed by atoms with van der Waals surface area (Å²) in [5.41, 5.74) is 6.52. The molecule has 0 fully saturated rings. The first-order valence-corrected chi connectivity index (χ1v) is 5.29. The van der Waals surface area contributed by atoms with Crippen LogP contribution in [0.4, 0.5) is 5.69 Å². The van der Waals surface area contributed by atoms with E-state index in [1.54, 1.807) is 11.6 Å². The minimum atomic E-state index is -0.133. The van der Waals surface area contributed by atoms with E-state index in [-0.39, 0.29) is 11.7 Å². The third kappa shape index (κ3) is 1.78. The van der Waals surface area contributed by atoms with Crippen LogP contribution in [0, 0.1) is 6.92 Å². The van der Waals surface area contributed by atoms with E-state index >= 15 is 0 Å². The van der Waals surface area contributed by atoms with Gasteiger partial charge in [-0.2, -0.15) is 0 Å². The van der Waals surface area contributed by atoms with Gasteiger partial charge in [-0.05, 0) is 6.92 Å². The van der Waals surface area contributed by atoms with Crippen molar-refractivity contribution in [1.29, 1.82) is 0 Å². The zero-order chi connectivity index (χ0) is 11.7. The fourth-order valence-corrected chi connectivity index (χ4v) is 1.81. The Labute approximate surface area is 93.7 Å². The van der Waals surface area contributed by atoms with Crippen LogP contribution in [-0.4, -0.2) is 27.9 Å². The number of nitrogen functional groups attached to an aromatic ring is 1. The number of nitrogens with zero attached hydrogens (tertiary/aromatic N) is 2. The molecule has 0 saturated heterocycles. The van der Waals surface area contributed by atoms with Crippen molar-refractivity contribution in [3.8, 4) is 0 Å². The van der Waals surface area contributed by atoms with Crippen molar-refractivity contribution in [2.75, 3.05) is 12.8 Å². The molecule has 1 aromatic heterocycles. The highest BCUT2D eigenvalue weighted by atomic mass is 16.1. The lowest BCUT2D eigenvalue weighted by molar-refractivity contribution is 0.294. The van der Waals surface area contributed by atoms with Crippen molar-refractivity contribution >= 4 is 5.69 Å². The summed E-state index contributed by atoms with van der Waals surface area (Å²) in [7, 11) is 2.00. The van der Waals surface area contributed by atoms with E-state index in [0.717, 1.165) is 12.1 Å². The molecule has 2 heterocycles. The maximum absolute atomic E-state index is 11.6. The molecule has 1 aromatic rings. The second-order valence-electron chi connectivity index (χ2n) is 4.06. The molecule has 1 unspecified atom stereocenters. The quantitative estimate of drug-likeness (QED) is 0.662. The molecular formula is C10H17N5O. The zero-order valence-corrected chi connectivity index (χ0v) is 9.53. The number of hydrogen-bond donors (Lipinski definition) is 3. The smallest absolute Gasteiger partial charge is 0.289 e. The summed E-state index contributed by atoms with van der Waals surface area (Å²) in [6, 6.07) is 0. The van der Waals surface area contributed by atoms with E-state index in [1.807, 2.05) is 19.4 Å². The number of anilines is 1. The highest BCUT2D eigenvalue weighted by molar-refractivity contribution is 5.39. The molecule has 1 aliphatic heterocycles. The van der Waals surface area contributed by atoms with Crippen LogP contribution < -0.4 is 16.6 Å². The standard InChI is InChI=1S/C10H17N5O/c1-7-9(11)10(16)15(13-7)5-3-8-12-4-6-14(8)2/h4,6,8,12-13H,3,5,11H2,1-2H3. The lowest BCUT2D eigenvalue weighted by Gasteiger charge is -2.20. The van der Waals surface area contributed by atoms with Crippen molar-refractivity contribution in [3.63, 3.8) is 0 Å². The number of rotatable bonds is 3. The molecule has 0 bridgehead atoms. The summed E-state index contributed by atoms with van der Waals surface area (Å²) in [5.74, 6) is 0. The van der Waals surface area contributed by atoms with Gasteiger partial charge in [-0.1, -0.05) is 0 Å². The van der Waals surface area contributed by atoms with Gasteiger partial charge in [0.1, 0.15) is 5.69 Å². The Morgan fingerprint density at radius 2 is 2.31 bits per heavy atom. The van der Waals surface area contributed by atoms with E-state index in [4.69, 9.17) is 5.73 Å². The molecule has 0 aromatic carbocycles. The average molecular weight is 223 g/mol. The fourth-order valence-electron chi connectivity index (χ4n) is 1.81. The van der Waals surface area contributed by atoms with Gasteiger partial charge >= 0.3 is 0 Å². The SMILES string of the molecule is Cc1[nH]n(CCC2NC=CN2C)c(=O)c1N. The monoisotopic (exact) mass is 223 g/mol. The molecule has 88 valence electrons. The molecule has 6 nitrogen and oxygen atoms in total. The maximum atomic E-state index is 11.6.